The second-order valence-corrected chi connectivity index (χ2v) is 7.75. The summed E-state index contributed by atoms with van der Waals surface area (Å²) < 4.78 is 47.3. The molecule has 0 aromatic heterocycles. The molecule has 1 aliphatic heterocycles. The highest BCUT2D eigenvalue weighted by Gasteiger charge is 2.37. The zero-order valence-electron chi connectivity index (χ0n) is 11.3. The molecule has 0 unspecified atom stereocenters. The zero-order valence-corrected chi connectivity index (χ0v) is 13.8. The van der Waals surface area contributed by atoms with Crippen molar-refractivity contribution in [3.05, 3.63) is 28.5 Å². The van der Waals surface area contributed by atoms with E-state index >= 15 is 0 Å². The predicted octanol–water partition coefficient (Wildman–Crippen LogP) is 2.05. The maximum Gasteiger partial charge on any atom is 0.209 e. The molecular weight excluding hydrogens is 365 g/mol. The first-order valence-electron chi connectivity index (χ1n) is 6.46. The monoisotopic (exact) mass is 381 g/mol. The van der Waals surface area contributed by atoms with Crippen molar-refractivity contribution in [3.63, 3.8) is 0 Å². The molecule has 1 saturated heterocycles. The first-order chi connectivity index (χ1) is 9.80. The van der Waals surface area contributed by atoms with Gasteiger partial charge in [-0.3, -0.25) is 0 Å². The largest absolute Gasteiger partial charge is 0.493 e. The van der Waals surface area contributed by atoms with E-state index in [1.165, 1.54) is 18.2 Å². The summed E-state index contributed by atoms with van der Waals surface area (Å²) in [6.45, 7) is 1.16. The summed E-state index contributed by atoms with van der Waals surface area (Å²) in [4.78, 5) is 0. The third-order valence-electron chi connectivity index (χ3n) is 3.50. The Morgan fingerprint density at radius 2 is 2.05 bits per heavy atom. The number of halogens is 2. The first kappa shape index (κ1) is 16.7. The summed E-state index contributed by atoms with van der Waals surface area (Å²) in [5, 5.41) is 5.18. The zero-order chi connectivity index (χ0) is 15.5. The molecule has 1 heterocycles. The van der Waals surface area contributed by atoms with Gasteiger partial charge in [0, 0.05) is 18.6 Å². The standard InChI is InChI=1S/C13H17BrFNO4S/c14-11-7-10(1-2-12(11)15)20-8-13(9-21(16,17)18)3-5-19-6-4-13/h1-2,7H,3-6,8-9H2,(H2,16,17,18). The first-order valence-corrected chi connectivity index (χ1v) is 8.97. The molecule has 0 atom stereocenters. The van der Waals surface area contributed by atoms with E-state index in [1.54, 1.807) is 0 Å². The number of ether oxygens (including phenoxy) is 2. The summed E-state index contributed by atoms with van der Waals surface area (Å²) in [5.41, 5.74) is -0.563. The molecule has 0 saturated carbocycles. The van der Waals surface area contributed by atoms with Gasteiger partial charge in [-0.2, -0.15) is 0 Å². The maximum atomic E-state index is 13.2. The predicted molar refractivity (Wildman–Crippen MR) is 80.1 cm³/mol. The van der Waals surface area contributed by atoms with Crippen molar-refractivity contribution in [3.8, 4) is 5.75 Å². The van der Waals surface area contributed by atoms with Crippen LogP contribution in [-0.4, -0.2) is 34.0 Å². The molecule has 2 rings (SSSR count). The molecule has 0 amide bonds. The highest BCUT2D eigenvalue weighted by Crippen LogP contribution is 2.33. The van der Waals surface area contributed by atoms with E-state index < -0.39 is 15.4 Å². The number of rotatable bonds is 5. The van der Waals surface area contributed by atoms with Crippen molar-refractivity contribution in [1.82, 2.24) is 0 Å². The van der Waals surface area contributed by atoms with E-state index in [4.69, 9.17) is 14.6 Å². The number of hydrogen-bond donors (Lipinski definition) is 1. The van der Waals surface area contributed by atoms with Crippen LogP contribution in [0.15, 0.2) is 22.7 Å². The Kier molecular flexibility index (Phi) is 5.24. The van der Waals surface area contributed by atoms with E-state index in [-0.39, 0.29) is 18.2 Å². The summed E-state index contributed by atoms with van der Waals surface area (Å²) >= 11 is 3.08. The van der Waals surface area contributed by atoms with E-state index in [9.17, 15) is 12.8 Å². The van der Waals surface area contributed by atoms with Gasteiger partial charge in [0.15, 0.2) is 0 Å². The normalized spacial score (nSPS) is 18.4. The van der Waals surface area contributed by atoms with Crippen LogP contribution < -0.4 is 9.88 Å². The molecule has 8 heteroatoms. The van der Waals surface area contributed by atoms with Crippen LogP contribution in [0.5, 0.6) is 5.75 Å². The van der Waals surface area contributed by atoms with Crippen LogP contribution in [0.1, 0.15) is 12.8 Å². The molecule has 1 aromatic carbocycles. The van der Waals surface area contributed by atoms with Crippen LogP contribution in [0, 0.1) is 11.2 Å². The van der Waals surface area contributed by atoms with Gasteiger partial charge in [0.05, 0.1) is 16.8 Å². The summed E-state index contributed by atoms with van der Waals surface area (Å²) in [6.07, 6.45) is 1.12. The Morgan fingerprint density at radius 1 is 1.38 bits per heavy atom. The smallest absolute Gasteiger partial charge is 0.209 e. The fourth-order valence-corrected chi connectivity index (χ4v) is 3.95. The molecule has 0 aliphatic carbocycles. The quantitative estimate of drug-likeness (QED) is 0.846. The molecule has 118 valence electrons. The maximum absolute atomic E-state index is 13.2. The highest BCUT2D eigenvalue weighted by molar-refractivity contribution is 9.10. The Bertz CT molecular complexity index is 602. The van der Waals surface area contributed by atoms with Gasteiger partial charge in [-0.1, -0.05) is 0 Å². The third-order valence-corrected chi connectivity index (χ3v) is 5.12. The van der Waals surface area contributed by atoms with Crippen molar-refractivity contribution in [2.45, 2.75) is 12.8 Å². The lowest BCUT2D eigenvalue weighted by atomic mass is 9.83. The minimum atomic E-state index is -3.61. The van der Waals surface area contributed by atoms with Crippen LogP contribution in [0.4, 0.5) is 4.39 Å². The van der Waals surface area contributed by atoms with Crippen LogP contribution in [-0.2, 0) is 14.8 Å². The van der Waals surface area contributed by atoms with E-state index in [2.05, 4.69) is 15.9 Å². The third kappa shape index (κ3) is 4.91. The van der Waals surface area contributed by atoms with Crippen molar-refractivity contribution >= 4 is 26.0 Å². The molecule has 0 radical (unpaired) electrons. The average molecular weight is 382 g/mol. The van der Waals surface area contributed by atoms with Crippen molar-refractivity contribution < 1.29 is 22.3 Å². The lowest BCUT2D eigenvalue weighted by Gasteiger charge is -2.36. The van der Waals surface area contributed by atoms with Gasteiger partial charge in [0.25, 0.3) is 0 Å². The Labute approximate surface area is 131 Å². The van der Waals surface area contributed by atoms with E-state index in [0.717, 1.165) is 0 Å². The van der Waals surface area contributed by atoms with Crippen LogP contribution >= 0.6 is 15.9 Å². The SMILES string of the molecule is NS(=O)(=O)CC1(COc2ccc(F)c(Br)c2)CCOCC1. The molecular formula is C13H17BrFNO4S. The van der Waals surface area contributed by atoms with Gasteiger partial charge in [-0.05, 0) is 47.0 Å². The van der Waals surface area contributed by atoms with Gasteiger partial charge >= 0.3 is 0 Å². The molecule has 1 aliphatic rings. The second-order valence-electron chi connectivity index (χ2n) is 5.28. The van der Waals surface area contributed by atoms with Gasteiger partial charge < -0.3 is 9.47 Å². The van der Waals surface area contributed by atoms with Crippen molar-refractivity contribution in [1.29, 1.82) is 0 Å². The van der Waals surface area contributed by atoms with Gasteiger partial charge in [-0.25, -0.2) is 17.9 Å². The van der Waals surface area contributed by atoms with Crippen LogP contribution in [0.3, 0.4) is 0 Å². The second kappa shape index (κ2) is 6.60. The van der Waals surface area contributed by atoms with Gasteiger partial charge in [0.2, 0.25) is 10.0 Å². The van der Waals surface area contributed by atoms with Crippen LogP contribution in [0.25, 0.3) is 0 Å². The van der Waals surface area contributed by atoms with E-state index in [0.29, 0.717) is 36.3 Å². The molecule has 1 fully saturated rings. The number of benzene rings is 1. The average Bonchev–Trinajstić information content (AvgIpc) is 2.39. The lowest BCUT2D eigenvalue weighted by molar-refractivity contribution is 0.00207. The molecule has 21 heavy (non-hydrogen) atoms. The number of nitrogens with two attached hydrogens (primary N) is 1. The van der Waals surface area contributed by atoms with Gasteiger partial charge in [-0.15, -0.1) is 0 Å². The Morgan fingerprint density at radius 3 is 2.62 bits per heavy atom. The summed E-state index contributed by atoms with van der Waals surface area (Å²) in [6, 6.07) is 4.30. The van der Waals surface area contributed by atoms with Crippen molar-refractivity contribution in [2.75, 3.05) is 25.6 Å². The fraction of sp³-hybridized carbons (Fsp3) is 0.538. The fourth-order valence-electron chi connectivity index (χ4n) is 2.36. The number of primary sulfonamides is 1. The minimum Gasteiger partial charge on any atom is -0.493 e. The molecule has 1 aromatic rings. The minimum absolute atomic E-state index is 0.147. The number of sulfonamides is 1. The van der Waals surface area contributed by atoms with Crippen LogP contribution in [0.2, 0.25) is 0 Å². The van der Waals surface area contributed by atoms with Crippen molar-refractivity contribution in [2.24, 2.45) is 10.6 Å². The topological polar surface area (TPSA) is 78.6 Å². The molecule has 0 bridgehead atoms. The van der Waals surface area contributed by atoms with Gasteiger partial charge in [0.1, 0.15) is 11.6 Å². The number of hydrogen-bond acceptors (Lipinski definition) is 4. The molecule has 5 nitrogen and oxygen atoms in total. The summed E-state index contributed by atoms with van der Waals surface area (Å²) in [5.74, 6) is -0.0534. The van der Waals surface area contributed by atoms with E-state index in [1.807, 2.05) is 0 Å². The summed E-state index contributed by atoms with van der Waals surface area (Å²) in [7, 11) is -3.61. The highest BCUT2D eigenvalue weighted by atomic mass is 79.9. The Hall–Kier alpha value is -0.700. The lowest BCUT2D eigenvalue weighted by Crippen LogP contribution is -2.42. The molecule has 0 spiro atoms. The molecule has 2 N–H and O–H groups in total. The Balaban J connectivity index is 2.10.